The Morgan fingerprint density at radius 2 is 2.40 bits per heavy atom. The third-order valence-corrected chi connectivity index (χ3v) is 1.30. The summed E-state index contributed by atoms with van der Waals surface area (Å²) in [5.74, 6) is 0.683. The zero-order valence-electron chi connectivity index (χ0n) is 5.53. The fourth-order valence-corrected chi connectivity index (χ4v) is 0.895. The zero-order valence-corrected chi connectivity index (χ0v) is 5.53. The molecule has 0 fully saturated rings. The Hall–Kier alpha value is -1.38. The Balaban J connectivity index is 2.88. The smallest absolute Gasteiger partial charge is 0.192 e. The van der Waals surface area contributed by atoms with E-state index in [2.05, 4.69) is 9.97 Å². The lowest BCUT2D eigenvalue weighted by Crippen LogP contribution is -1.68. The first-order valence-corrected chi connectivity index (χ1v) is 3.03. The van der Waals surface area contributed by atoms with Gasteiger partial charge in [-0.25, -0.2) is 4.98 Å². The molecule has 2 heterocycles. The third-order valence-electron chi connectivity index (χ3n) is 1.30. The zero-order chi connectivity index (χ0) is 6.97. The highest BCUT2D eigenvalue weighted by atomic mass is 16.3. The van der Waals surface area contributed by atoms with E-state index in [0.717, 1.165) is 11.1 Å². The SMILES string of the molecule is Cc1nc2ccncc2o1. The van der Waals surface area contributed by atoms with E-state index in [1.54, 1.807) is 12.4 Å². The van der Waals surface area contributed by atoms with Gasteiger partial charge in [-0.05, 0) is 6.07 Å². The van der Waals surface area contributed by atoms with E-state index in [4.69, 9.17) is 4.42 Å². The summed E-state index contributed by atoms with van der Waals surface area (Å²) in [7, 11) is 0. The topological polar surface area (TPSA) is 38.9 Å². The lowest BCUT2D eigenvalue weighted by molar-refractivity contribution is 0.560. The van der Waals surface area contributed by atoms with Crippen LogP contribution in [-0.4, -0.2) is 9.97 Å². The molecule has 0 aliphatic carbocycles. The van der Waals surface area contributed by atoms with Crippen molar-refractivity contribution < 1.29 is 4.42 Å². The van der Waals surface area contributed by atoms with E-state index in [-0.39, 0.29) is 0 Å². The maximum absolute atomic E-state index is 5.19. The van der Waals surface area contributed by atoms with Crippen LogP contribution in [0.4, 0.5) is 0 Å². The molecule has 2 rings (SSSR count). The first-order valence-electron chi connectivity index (χ1n) is 3.03. The van der Waals surface area contributed by atoms with Crippen molar-refractivity contribution in [2.75, 3.05) is 0 Å². The molecule has 50 valence electrons. The van der Waals surface area contributed by atoms with Gasteiger partial charge in [-0.2, -0.15) is 0 Å². The van der Waals surface area contributed by atoms with Crippen LogP contribution in [-0.2, 0) is 0 Å². The summed E-state index contributed by atoms with van der Waals surface area (Å²) in [4.78, 5) is 8.00. The van der Waals surface area contributed by atoms with Crippen molar-refractivity contribution in [2.45, 2.75) is 6.92 Å². The molecule has 3 heteroatoms. The summed E-state index contributed by atoms with van der Waals surface area (Å²) in [5.41, 5.74) is 1.62. The van der Waals surface area contributed by atoms with Crippen molar-refractivity contribution in [1.82, 2.24) is 9.97 Å². The Morgan fingerprint density at radius 3 is 3.20 bits per heavy atom. The molecule has 2 aromatic heterocycles. The van der Waals surface area contributed by atoms with Crippen molar-refractivity contribution in [3.63, 3.8) is 0 Å². The van der Waals surface area contributed by atoms with Gasteiger partial charge in [0.05, 0.1) is 6.20 Å². The normalized spacial score (nSPS) is 10.5. The van der Waals surface area contributed by atoms with Crippen molar-refractivity contribution >= 4 is 11.1 Å². The molecule has 0 atom stereocenters. The van der Waals surface area contributed by atoms with E-state index < -0.39 is 0 Å². The molecule has 0 aliphatic heterocycles. The van der Waals surface area contributed by atoms with Crippen LogP contribution in [0.2, 0.25) is 0 Å². The predicted octanol–water partition coefficient (Wildman–Crippen LogP) is 1.53. The van der Waals surface area contributed by atoms with Crippen LogP contribution < -0.4 is 0 Å². The average molecular weight is 134 g/mol. The van der Waals surface area contributed by atoms with E-state index in [9.17, 15) is 0 Å². The summed E-state index contributed by atoms with van der Waals surface area (Å²) in [5, 5.41) is 0. The molecule has 0 radical (unpaired) electrons. The van der Waals surface area contributed by atoms with Gasteiger partial charge in [-0.15, -0.1) is 0 Å². The van der Waals surface area contributed by atoms with E-state index >= 15 is 0 Å². The second kappa shape index (κ2) is 1.80. The monoisotopic (exact) mass is 134 g/mol. The number of nitrogens with zero attached hydrogens (tertiary/aromatic N) is 2. The van der Waals surface area contributed by atoms with Gasteiger partial charge in [0.1, 0.15) is 5.52 Å². The Bertz CT molecular complexity index is 320. The molecule has 0 unspecified atom stereocenters. The Kier molecular flexibility index (Phi) is 0.974. The number of fused-ring (bicyclic) bond motifs is 1. The van der Waals surface area contributed by atoms with Gasteiger partial charge in [0, 0.05) is 13.1 Å². The number of rotatable bonds is 0. The summed E-state index contributed by atoms with van der Waals surface area (Å²) >= 11 is 0. The fraction of sp³-hybridized carbons (Fsp3) is 0.143. The van der Waals surface area contributed by atoms with Gasteiger partial charge in [-0.1, -0.05) is 0 Å². The van der Waals surface area contributed by atoms with E-state index in [1.165, 1.54) is 0 Å². The molecule has 0 spiro atoms. The van der Waals surface area contributed by atoms with E-state index in [0.29, 0.717) is 5.89 Å². The van der Waals surface area contributed by atoms with Crippen molar-refractivity contribution in [2.24, 2.45) is 0 Å². The first kappa shape index (κ1) is 5.41. The van der Waals surface area contributed by atoms with Crippen LogP contribution >= 0.6 is 0 Å². The maximum atomic E-state index is 5.19. The highest BCUT2D eigenvalue weighted by molar-refractivity contribution is 5.70. The molecular formula is C7H6N2O. The molecule has 0 aliphatic rings. The van der Waals surface area contributed by atoms with Gasteiger partial charge < -0.3 is 4.42 Å². The summed E-state index contributed by atoms with van der Waals surface area (Å²) < 4.78 is 5.19. The molecule has 0 bridgehead atoms. The van der Waals surface area contributed by atoms with Gasteiger partial charge in [-0.3, -0.25) is 4.98 Å². The highest BCUT2D eigenvalue weighted by Crippen LogP contribution is 2.11. The van der Waals surface area contributed by atoms with Gasteiger partial charge in [0.15, 0.2) is 11.5 Å². The lowest BCUT2D eigenvalue weighted by atomic mass is 10.4. The number of hydrogen-bond acceptors (Lipinski definition) is 3. The van der Waals surface area contributed by atoms with Gasteiger partial charge in [0.2, 0.25) is 0 Å². The minimum absolute atomic E-state index is 0.683. The average Bonchev–Trinajstić information content (AvgIpc) is 2.27. The first-order chi connectivity index (χ1) is 4.86. The largest absolute Gasteiger partial charge is 0.439 e. The molecule has 3 nitrogen and oxygen atoms in total. The molecule has 2 aromatic rings. The number of aryl methyl sites for hydroxylation is 1. The number of oxazole rings is 1. The van der Waals surface area contributed by atoms with Crippen LogP contribution in [0.3, 0.4) is 0 Å². The molecule has 0 saturated carbocycles. The molecule has 10 heavy (non-hydrogen) atoms. The van der Waals surface area contributed by atoms with Crippen LogP contribution in [0.25, 0.3) is 11.1 Å². The van der Waals surface area contributed by atoms with Crippen molar-refractivity contribution in [3.05, 3.63) is 24.4 Å². The summed E-state index contributed by atoms with van der Waals surface area (Å²) in [6.07, 6.45) is 3.36. The number of pyridine rings is 1. The van der Waals surface area contributed by atoms with Crippen LogP contribution in [0.15, 0.2) is 22.9 Å². The standard InChI is InChI=1S/C7H6N2O/c1-5-9-6-2-3-8-4-7(6)10-5/h2-4H,1H3. The Morgan fingerprint density at radius 1 is 1.50 bits per heavy atom. The van der Waals surface area contributed by atoms with Crippen LogP contribution in [0.5, 0.6) is 0 Å². The second-order valence-corrected chi connectivity index (χ2v) is 2.08. The molecule has 0 aromatic carbocycles. The minimum Gasteiger partial charge on any atom is -0.439 e. The fourth-order valence-electron chi connectivity index (χ4n) is 0.895. The summed E-state index contributed by atoms with van der Waals surface area (Å²) in [6, 6.07) is 1.83. The van der Waals surface area contributed by atoms with Gasteiger partial charge in [0.25, 0.3) is 0 Å². The number of aromatic nitrogens is 2. The minimum atomic E-state index is 0.683. The highest BCUT2D eigenvalue weighted by Gasteiger charge is 1.98. The Labute approximate surface area is 57.7 Å². The molecule has 0 saturated heterocycles. The third kappa shape index (κ3) is 0.673. The molecule has 0 amide bonds. The number of hydrogen-bond donors (Lipinski definition) is 0. The van der Waals surface area contributed by atoms with Crippen LogP contribution in [0.1, 0.15) is 5.89 Å². The lowest BCUT2D eigenvalue weighted by Gasteiger charge is -1.79. The van der Waals surface area contributed by atoms with E-state index in [1.807, 2.05) is 13.0 Å². The maximum Gasteiger partial charge on any atom is 0.192 e. The molecular weight excluding hydrogens is 128 g/mol. The van der Waals surface area contributed by atoms with Crippen molar-refractivity contribution in [1.29, 1.82) is 0 Å². The van der Waals surface area contributed by atoms with Gasteiger partial charge >= 0.3 is 0 Å². The molecule has 0 N–H and O–H groups in total. The van der Waals surface area contributed by atoms with Crippen molar-refractivity contribution in [3.8, 4) is 0 Å². The predicted molar refractivity (Wildman–Crippen MR) is 36.5 cm³/mol. The quantitative estimate of drug-likeness (QED) is 0.548. The van der Waals surface area contributed by atoms with Crippen LogP contribution in [0, 0.1) is 6.92 Å². The second-order valence-electron chi connectivity index (χ2n) is 2.08. The summed E-state index contributed by atoms with van der Waals surface area (Å²) in [6.45, 7) is 1.82.